The maximum Gasteiger partial charge on any atom is 0.308 e. The van der Waals surface area contributed by atoms with E-state index in [0.717, 1.165) is 129 Å². The molecule has 16 aliphatic carbocycles. The zero-order valence-electron chi connectivity index (χ0n) is 91.5. The summed E-state index contributed by atoms with van der Waals surface area (Å²) in [4.78, 5) is 89.1. The summed E-state index contributed by atoms with van der Waals surface area (Å²) in [6.45, 7) is 49.5. The molecular formula is C116H194N8O14. The second-order valence-corrected chi connectivity index (χ2v) is 54.4. The summed E-state index contributed by atoms with van der Waals surface area (Å²) in [5, 5.41) is 73.5. The third kappa shape index (κ3) is 17.7. The number of nitrogens with two attached hydrogens (primary N) is 2. The molecule has 0 bridgehead atoms. The van der Waals surface area contributed by atoms with Gasteiger partial charge in [0.05, 0.1) is 56.8 Å². The van der Waals surface area contributed by atoms with Crippen molar-refractivity contribution in [3.05, 3.63) is 46.6 Å². The summed E-state index contributed by atoms with van der Waals surface area (Å²) in [7, 11) is 16.6. The van der Waals surface area contributed by atoms with E-state index in [1.807, 2.05) is 27.7 Å². The van der Waals surface area contributed by atoms with Gasteiger partial charge >= 0.3 is 5.97 Å². The number of allylic oxidation sites excluding steroid dienone is 4. The molecule has 13 fully saturated rings. The van der Waals surface area contributed by atoms with Gasteiger partial charge in [0.2, 0.25) is 5.91 Å². The minimum absolute atomic E-state index is 0.00303. The van der Waals surface area contributed by atoms with Crippen LogP contribution in [0.5, 0.6) is 0 Å². The molecule has 1 heterocycles. The van der Waals surface area contributed by atoms with Gasteiger partial charge in [-0.1, -0.05) is 171 Å². The maximum absolute atomic E-state index is 13.9. The van der Waals surface area contributed by atoms with Crippen LogP contribution in [0, 0.1) is 177 Å². The predicted octanol–water partition coefficient (Wildman–Crippen LogP) is 15.6. The van der Waals surface area contributed by atoms with Crippen LogP contribution in [0.25, 0.3) is 0 Å². The molecule has 12 saturated carbocycles. The number of Topliss-reactive ketones (excluding diaryl/α,β-unsaturated/α-hetero) is 4. The van der Waals surface area contributed by atoms with Crippen LogP contribution in [0.15, 0.2) is 46.6 Å². The topological polar surface area (TPSA) is 331 Å². The van der Waals surface area contributed by atoms with Crippen molar-refractivity contribution in [2.45, 2.75) is 385 Å². The Balaban J connectivity index is 0.000000147. The standard InChI is InChI=1S/2C30H50N2O4.C30H50N2O3.C26H44N2O3/c1-17(2)27(35)36-16-28(4)21-10-11-22-20(13-19(21)9-12-25(28)31)23(33)14-30(6)26(18(3)32(7)8)24(34)15-29(22,30)5;1-17(2)27(36)31-25-12-9-19-13-20-22(11-10-21(19)28(25,4)16-33)29(5)15-24(35)26(18(3)32(7)8)30(29,6)14-23(20)34;1-17(2)27-31-25-12-9-19-13-20-22(11-10-21(19)28(25,4)16-35-27)29(5)15-24(34)26(18(3)32(7)8)30(29,6)14-23(20)33;1-15(28(5)6)23-21(31)13-25(3)19-9-8-18-16(7-10-22(27)24(18,2)14-29)11-17(19)20(30)12-26(23,25)4/h9,17-18,20-22,24-26,34H,10-16,31H2,1-8H3;9,17-18,20-22,24-26,33,35H,10-16H2,1-8H3,(H,31,36);9,17-18,20-22,24-27,31,34H,10-16H2,1-8H3;7,15,17-19,21-23,29,31H,8-14,27H2,1-6H3/t2*18-,20?,21?,22?,24+,25-,26-,28-,29-,30+;18-,20?,21?,22?,24+,25-,26-,27-,28-,29-,30+;15-,17?,18?,19?,21+,22-,23-,24-,25-,26+/m0000/s1. The van der Waals surface area contributed by atoms with E-state index in [1.165, 1.54) is 22.3 Å². The van der Waals surface area contributed by atoms with Gasteiger partial charge in [-0.25, -0.2) is 0 Å². The minimum Gasteiger partial charge on any atom is -0.465 e. The van der Waals surface area contributed by atoms with Gasteiger partial charge in [0.1, 0.15) is 29.4 Å². The van der Waals surface area contributed by atoms with Crippen LogP contribution >= 0.6 is 0 Å². The lowest BCUT2D eigenvalue weighted by Gasteiger charge is -2.56. The third-order valence-electron chi connectivity index (χ3n) is 46.4. The van der Waals surface area contributed by atoms with Crippen molar-refractivity contribution in [1.82, 2.24) is 30.2 Å². The lowest BCUT2D eigenvalue weighted by Crippen LogP contribution is -2.61. The van der Waals surface area contributed by atoms with Gasteiger partial charge < -0.3 is 76.5 Å². The van der Waals surface area contributed by atoms with Gasteiger partial charge in [0.25, 0.3) is 0 Å². The fraction of sp³-hybridized carbons (Fsp3) is 0.879. The van der Waals surface area contributed by atoms with Crippen molar-refractivity contribution in [3.8, 4) is 0 Å². The van der Waals surface area contributed by atoms with E-state index >= 15 is 0 Å². The number of ether oxygens (including phenoxy) is 2. The first-order valence-electron chi connectivity index (χ1n) is 54.9. The molecule has 1 saturated heterocycles. The molecule has 1 amide bonds. The van der Waals surface area contributed by atoms with Crippen LogP contribution in [0.1, 0.15) is 306 Å². The number of rotatable bonds is 16. The summed E-state index contributed by atoms with van der Waals surface area (Å²) in [6, 6.07) is 1.06. The average molecular weight is 1920 g/mol. The second-order valence-electron chi connectivity index (χ2n) is 54.4. The van der Waals surface area contributed by atoms with E-state index < -0.39 is 17.6 Å². The molecule has 0 aromatic carbocycles. The highest BCUT2D eigenvalue weighted by atomic mass is 16.5. The first kappa shape index (κ1) is 110. The van der Waals surface area contributed by atoms with Crippen molar-refractivity contribution in [1.29, 1.82) is 0 Å². The van der Waals surface area contributed by atoms with Crippen LogP contribution in [-0.2, 0) is 38.2 Å². The normalized spacial score (nSPS) is 48.0. The molecule has 41 atom stereocenters. The highest BCUT2D eigenvalue weighted by molar-refractivity contribution is 5.86. The number of amides is 1. The zero-order chi connectivity index (χ0) is 102. The summed E-state index contributed by atoms with van der Waals surface area (Å²) < 4.78 is 12.2. The molecule has 22 nitrogen and oxygen atoms in total. The predicted molar refractivity (Wildman–Crippen MR) is 547 cm³/mol. The van der Waals surface area contributed by atoms with E-state index in [0.29, 0.717) is 85.6 Å². The van der Waals surface area contributed by atoms with Crippen LogP contribution in [0.2, 0.25) is 0 Å². The Morgan fingerprint density at radius 2 is 0.717 bits per heavy atom. The molecule has 17 aliphatic rings. The molecule has 22 heteroatoms. The number of aliphatic hydroxyl groups is 6. The lowest BCUT2D eigenvalue weighted by atomic mass is 9.48. The molecule has 1 aliphatic heterocycles. The van der Waals surface area contributed by atoms with Gasteiger partial charge in [-0.2, -0.15) is 0 Å². The Labute approximate surface area is 833 Å². The summed E-state index contributed by atoms with van der Waals surface area (Å²) in [5.41, 5.74) is 16.5. The van der Waals surface area contributed by atoms with Crippen molar-refractivity contribution in [2.24, 2.45) is 189 Å². The van der Waals surface area contributed by atoms with Crippen LogP contribution in [0.4, 0.5) is 0 Å². The highest BCUT2D eigenvalue weighted by Crippen LogP contribution is 2.75. The molecule has 0 aromatic rings. The first-order chi connectivity index (χ1) is 64.1. The molecule has 12 N–H and O–H groups in total. The van der Waals surface area contributed by atoms with Gasteiger partial charge in [-0.05, 0) is 309 Å². The molecule has 0 radical (unpaired) electrons. The van der Waals surface area contributed by atoms with E-state index in [4.69, 9.17) is 20.9 Å². The molecule has 782 valence electrons. The Bertz CT molecular complexity index is 4540. The number of nitrogens with zero attached hydrogens (tertiary/aromatic N) is 4. The average Bonchev–Trinajstić information content (AvgIpc) is 1.54. The lowest BCUT2D eigenvalue weighted by molar-refractivity contribution is -0.153. The monoisotopic (exact) mass is 1920 g/mol. The number of fused-ring (bicyclic) bond motifs is 18. The third-order valence-corrected chi connectivity index (χ3v) is 46.4. The molecular weight excluding hydrogens is 1730 g/mol. The Morgan fingerprint density at radius 3 is 1.03 bits per heavy atom. The molecule has 12 unspecified atom stereocenters. The molecule has 17 rings (SSSR count). The van der Waals surface area contributed by atoms with Crippen molar-refractivity contribution in [3.63, 3.8) is 0 Å². The van der Waals surface area contributed by atoms with Gasteiger partial charge in [0.15, 0.2) is 0 Å². The number of aliphatic hydroxyl groups excluding tert-OH is 6. The zero-order valence-corrected chi connectivity index (χ0v) is 91.5. The minimum atomic E-state index is -0.452. The van der Waals surface area contributed by atoms with Crippen LogP contribution in [0.3, 0.4) is 0 Å². The summed E-state index contributed by atoms with van der Waals surface area (Å²) >= 11 is 0. The number of carbonyl (C=O) groups is 6. The van der Waals surface area contributed by atoms with E-state index in [1.54, 1.807) is 0 Å². The summed E-state index contributed by atoms with van der Waals surface area (Å²) in [6.07, 6.45) is 27.7. The van der Waals surface area contributed by atoms with Gasteiger partial charge in [0, 0.05) is 149 Å². The van der Waals surface area contributed by atoms with E-state index in [9.17, 15) is 59.4 Å². The molecule has 0 aromatic heterocycles. The summed E-state index contributed by atoms with van der Waals surface area (Å²) in [5.74, 6) is 4.21. The number of esters is 1. The fourth-order valence-corrected chi connectivity index (χ4v) is 36.2. The molecule has 138 heavy (non-hydrogen) atoms. The van der Waals surface area contributed by atoms with Gasteiger partial charge in [-0.15, -0.1) is 0 Å². The fourth-order valence-electron chi connectivity index (χ4n) is 36.2. The smallest absolute Gasteiger partial charge is 0.308 e. The largest absolute Gasteiger partial charge is 0.465 e. The van der Waals surface area contributed by atoms with Crippen molar-refractivity contribution in [2.75, 3.05) is 82.8 Å². The highest BCUT2D eigenvalue weighted by Gasteiger charge is 2.74. The van der Waals surface area contributed by atoms with Crippen molar-refractivity contribution < 1.29 is 68.9 Å². The van der Waals surface area contributed by atoms with Crippen LogP contribution in [-0.4, -0.2) is 247 Å². The Morgan fingerprint density at radius 1 is 0.420 bits per heavy atom. The van der Waals surface area contributed by atoms with E-state index in [-0.39, 0.29) is 240 Å². The van der Waals surface area contributed by atoms with Crippen molar-refractivity contribution >= 4 is 35.0 Å². The Hall–Kier alpha value is -3.98. The SMILES string of the molecule is CC(C)C(=O)N[C@H]1CC=C2CC3C(=O)C[C@]4(C)[C@@H]([C@H](C)N(C)C)[C@H](O)C[C@@]4(C)C3CCC2[C@]1(C)CO.CC(C)C(=O)OC[C@@]1(C)C2CCC3C(CC2=CC[C@@H]1N)C(=O)C[C@]1(C)[C@@H]([C@H](C)N(C)C)[C@H](O)C[C@@]31C.CC(C)[C@H]1N[C@H]2CC=C3CC4C(=O)C[C@]5(C)[C@@H]([C@H](C)N(C)C)[C@H](O)C[C@@]5(C)C4CCC3[C@]2(C)CO1.C[C@@H]([C@H]1[C@H](O)C[C@@]2(C)C3CCC4C(=CC[C@H](N)[C@@]4(C)CO)CC3C(=O)C[C@]12C)N(C)C. The first-order valence-corrected chi connectivity index (χ1v) is 54.9. The van der Waals surface area contributed by atoms with Crippen LogP contribution < -0.4 is 22.1 Å². The second kappa shape index (κ2) is 39.6. The number of hydrogen-bond donors (Lipinski definition) is 10. The Kier molecular flexibility index (Phi) is 31.5. The number of hydrogen-bond acceptors (Lipinski definition) is 21. The van der Waals surface area contributed by atoms with Gasteiger partial charge in [-0.3, -0.25) is 34.1 Å². The quantitative estimate of drug-likeness (QED) is 0.0507. The number of carbonyl (C=O) groups excluding carboxylic acids is 6. The maximum atomic E-state index is 13.9. The van der Waals surface area contributed by atoms with E-state index in [2.05, 4.69) is 236 Å². The molecule has 0 spiro atoms. The number of ketones is 4. The number of nitrogens with one attached hydrogen (secondary N) is 2.